The average molecular weight is 398 g/mol. The number of nitrogens with two attached hydrogens (primary N) is 1. The van der Waals surface area contributed by atoms with Crippen molar-refractivity contribution in [3.05, 3.63) is 51.5 Å². The molecule has 4 nitrogen and oxygen atoms in total. The summed E-state index contributed by atoms with van der Waals surface area (Å²) in [5, 5.41) is -0.233. The summed E-state index contributed by atoms with van der Waals surface area (Å²) in [7, 11) is -4.19. The van der Waals surface area contributed by atoms with Gasteiger partial charge in [-0.25, -0.2) is 17.2 Å². The van der Waals surface area contributed by atoms with Crippen molar-refractivity contribution in [2.24, 2.45) is 0 Å². The summed E-state index contributed by atoms with van der Waals surface area (Å²) in [6.45, 7) is 0. The van der Waals surface area contributed by atoms with Crippen LogP contribution in [0.5, 0.6) is 0 Å². The van der Waals surface area contributed by atoms with E-state index in [4.69, 9.17) is 17.3 Å². The highest BCUT2D eigenvalue weighted by atomic mass is 79.9. The molecular weight excluding hydrogens is 390 g/mol. The lowest BCUT2D eigenvalue weighted by Crippen LogP contribution is -2.16. The van der Waals surface area contributed by atoms with Crippen molar-refractivity contribution in [2.75, 3.05) is 10.5 Å². The van der Waals surface area contributed by atoms with Gasteiger partial charge in [-0.2, -0.15) is 0 Å². The van der Waals surface area contributed by atoms with Crippen LogP contribution in [0.15, 0.2) is 39.7 Å². The monoisotopic (exact) mass is 396 g/mol. The molecule has 0 aliphatic heterocycles. The van der Waals surface area contributed by atoms with Gasteiger partial charge < -0.3 is 5.73 Å². The van der Waals surface area contributed by atoms with E-state index in [1.807, 2.05) is 4.72 Å². The topological polar surface area (TPSA) is 72.2 Å². The van der Waals surface area contributed by atoms with E-state index < -0.39 is 21.7 Å². The molecule has 9 heteroatoms. The summed E-state index contributed by atoms with van der Waals surface area (Å²) < 4.78 is 53.4. The molecule has 0 aliphatic carbocycles. The van der Waals surface area contributed by atoms with E-state index >= 15 is 0 Å². The number of rotatable bonds is 3. The fourth-order valence-corrected chi connectivity index (χ4v) is 3.43. The van der Waals surface area contributed by atoms with Crippen LogP contribution in [0.1, 0.15) is 0 Å². The number of benzene rings is 2. The Morgan fingerprint density at radius 2 is 1.90 bits per heavy atom. The van der Waals surface area contributed by atoms with Crippen LogP contribution in [0, 0.1) is 11.6 Å². The molecule has 0 fully saturated rings. The Kier molecular flexibility index (Phi) is 4.40. The van der Waals surface area contributed by atoms with Gasteiger partial charge >= 0.3 is 0 Å². The molecule has 2 rings (SSSR count). The Morgan fingerprint density at radius 3 is 2.57 bits per heavy atom. The number of nitrogen functional groups attached to an aromatic ring is 1. The van der Waals surface area contributed by atoms with E-state index in [1.54, 1.807) is 0 Å². The molecule has 2 aromatic rings. The largest absolute Gasteiger partial charge is 0.398 e. The molecule has 0 saturated carbocycles. The summed E-state index contributed by atoms with van der Waals surface area (Å²) in [6, 6.07) is 5.71. The van der Waals surface area contributed by atoms with Crippen LogP contribution in [0.3, 0.4) is 0 Å². The van der Waals surface area contributed by atoms with Crippen LogP contribution in [-0.2, 0) is 10.0 Å². The molecule has 0 unspecified atom stereocenters. The molecule has 112 valence electrons. The molecule has 0 amide bonds. The molecule has 0 aliphatic rings. The van der Waals surface area contributed by atoms with Crippen molar-refractivity contribution in [1.82, 2.24) is 0 Å². The lowest BCUT2D eigenvalue weighted by atomic mass is 10.3. The Hall–Kier alpha value is -1.38. The van der Waals surface area contributed by atoms with Crippen molar-refractivity contribution in [3.8, 4) is 0 Å². The van der Waals surface area contributed by atoms with Gasteiger partial charge in [0, 0.05) is 0 Å². The molecule has 3 N–H and O–H groups in total. The number of hydrogen-bond donors (Lipinski definition) is 2. The summed E-state index contributed by atoms with van der Waals surface area (Å²) in [4.78, 5) is -0.379. The van der Waals surface area contributed by atoms with E-state index in [0.29, 0.717) is 0 Å². The quantitative estimate of drug-likeness (QED) is 0.775. The zero-order valence-corrected chi connectivity index (χ0v) is 13.4. The summed E-state index contributed by atoms with van der Waals surface area (Å²) >= 11 is 8.44. The Balaban J connectivity index is 2.48. The van der Waals surface area contributed by atoms with E-state index in [-0.39, 0.29) is 25.8 Å². The molecule has 0 radical (unpaired) electrons. The third-order valence-electron chi connectivity index (χ3n) is 2.54. The Morgan fingerprint density at radius 1 is 1.24 bits per heavy atom. The lowest BCUT2D eigenvalue weighted by Gasteiger charge is -2.12. The summed E-state index contributed by atoms with van der Waals surface area (Å²) in [5.74, 6) is -1.62. The number of halogens is 4. The van der Waals surface area contributed by atoms with Crippen molar-refractivity contribution in [3.63, 3.8) is 0 Å². The van der Waals surface area contributed by atoms with Crippen LogP contribution in [-0.4, -0.2) is 8.42 Å². The third-order valence-corrected chi connectivity index (χ3v) is 4.86. The minimum absolute atomic E-state index is 0.0800. The zero-order chi connectivity index (χ0) is 15.8. The van der Waals surface area contributed by atoms with Gasteiger partial charge in [0.25, 0.3) is 10.0 Å². The second-order valence-corrected chi connectivity index (χ2v) is 6.92. The Bertz CT molecular complexity index is 815. The molecule has 2 aromatic carbocycles. The average Bonchev–Trinajstić information content (AvgIpc) is 2.39. The van der Waals surface area contributed by atoms with Crippen LogP contribution in [0.2, 0.25) is 5.02 Å². The van der Waals surface area contributed by atoms with E-state index in [9.17, 15) is 17.2 Å². The predicted octanol–water partition coefficient (Wildman–Crippen LogP) is 3.76. The summed E-state index contributed by atoms with van der Waals surface area (Å²) in [6.07, 6.45) is 0. The highest BCUT2D eigenvalue weighted by Crippen LogP contribution is 2.29. The van der Waals surface area contributed by atoms with Crippen LogP contribution in [0.4, 0.5) is 20.2 Å². The van der Waals surface area contributed by atoms with Crippen LogP contribution >= 0.6 is 27.5 Å². The van der Waals surface area contributed by atoms with Gasteiger partial charge in [-0.05, 0) is 40.2 Å². The number of nitrogens with one attached hydrogen (secondary N) is 1. The molecule has 0 spiro atoms. The van der Waals surface area contributed by atoms with Gasteiger partial charge in [0.05, 0.1) is 20.9 Å². The molecule has 0 atom stereocenters. The first-order valence-electron chi connectivity index (χ1n) is 5.43. The molecule has 21 heavy (non-hydrogen) atoms. The molecule has 0 saturated heterocycles. The maximum Gasteiger partial charge on any atom is 0.264 e. The molecule has 0 bridgehead atoms. The van der Waals surface area contributed by atoms with Gasteiger partial charge in [0.2, 0.25) is 0 Å². The minimum atomic E-state index is -4.19. The predicted molar refractivity (Wildman–Crippen MR) is 80.7 cm³/mol. The lowest BCUT2D eigenvalue weighted by molar-refractivity contribution is 0.597. The smallest absolute Gasteiger partial charge is 0.264 e. The minimum Gasteiger partial charge on any atom is -0.398 e. The highest BCUT2D eigenvalue weighted by Gasteiger charge is 2.21. The SMILES string of the molecule is Nc1cc(F)c(Br)cc1S(=O)(=O)Nc1cccc(Cl)c1F. The van der Waals surface area contributed by atoms with Gasteiger partial charge in [0.1, 0.15) is 10.7 Å². The number of anilines is 2. The van der Waals surface area contributed by atoms with Gasteiger partial charge in [0.15, 0.2) is 5.82 Å². The maximum absolute atomic E-state index is 13.7. The van der Waals surface area contributed by atoms with Crippen molar-refractivity contribution in [2.45, 2.75) is 4.90 Å². The van der Waals surface area contributed by atoms with Gasteiger partial charge in [-0.1, -0.05) is 17.7 Å². The maximum atomic E-state index is 13.7. The number of hydrogen-bond acceptors (Lipinski definition) is 3. The fourth-order valence-electron chi connectivity index (χ4n) is 1.56. The fraction of sp³-hybridized carbons (Fsp3) is 0. The molecule has 0 aromatic heterocycles. The highest BCUT2D eigenvalue weighted by molar-refractivity contribution is 9.10. The van der Waals surface area contributed by atoms with Crippen molar-refractivity contribution in [1.29, 1.82) is 0 Å². The van der Waals surface area contributed by atoms with Crippen molar-refractivity contribution >= 4 is 48.9 Å². The molecule has 0 heterocycles. The normalized spacial score (nSPS) is 11.4. The van der Waals surface area contributed by atoms with E-state index in [1.165, 1.54) is 18.2 Å². The van der Waals surface area contributed by atoms with E-state index in [2.05, 4.69) is 15.9 Å². The van der Waals surface area contributed by atoms with E-state index in [0.717, 1.165) is 12.1 Å². The van der Waals surface area contributed by atoms with Crippen LogP contribution < -0.4 is 10.5 Å². The standard InChI is InChI=1S/C12H8BrClF2N2O2S/c13-6-4-11(9(17)5-8(6)15)21(19,20)18-10-3-1-2-7(14)12(10)16/h1-5,18H,17H2. The molecular formula is C12H8BrClF2N2O2S. The van der Waals surface area contributed by atoms with Gasteiger partial charge in [-0.15, -0.1) is 0 Å². The first kappa shape index (κ1) is 16.0. The first-order valence-corrected chi connectivity index (χ1v) is 8.09. The van der Waals surface area contributed by atoms with Crippen molar-refractivity contribution < 1.29 is 17.2 Å². The third kappa shape index (κ3) is 3.28. The second kappa shape index (κ2) is 5.78. The number of sulfonamides is 1. The summed E-state index contributed by atoms with van der Waals surface area (Å²) in [5.41, 5.74) is 4.87. The van der Waals surface area contributed by atoms with Gasteiger partial charge in [-0.3, -0.25) is 4.72 Å². The second-order valence-electron chi connectivity index (χ2n) is 4.01. The van der Waals surface area contributed by atoms with Crippen LogP contribution in [0.25, 0.3) is 0 Å². The Labute approximate surface area is 133 Å². The first-order chi connectivity index (χ1) is 9.72. The zero-order valence-electron chi connectivity index (χ0n) is 10.2.